The van der Waals surface area contributed by atoms with E-state index >= 15 is 0 Å². The molecule has 0 aromatic carbocycles. The first kappa shape index (κ1) is 15.7. The van der Waals surface area contributed by atoms with Crippen LogP contribution in [0.3, 0.4) is 0 Å². The van der Waals surface area contributed by atoms with Gasteiger partial charge in [0.25, 0.3) is 0 Å². The third-order valence-electron chi connectivity index (χ3n) is 2.79. The zero-order valence-electron chi connectivity index (χ0n) is 11.8. The average Bonchev–Trinajstić information content (AvgIpc) is 2.82. The van der Waals surface area contributed by atoms with E-state index in [4.69, 9.17) is 17.0 Å². The Hall–Kier alpha value is -1.40. The SMILES string of the molecule is C=CCNC(=S)Nc1cnn(CCC(C)(C)OC)c1. The van der Waals surface area contributed by atoms with Gasteiger partial charge in [-0.1, -0.05) is 6.08 Å². The van der Waals surface area contributed by atoms with E-state index in [2.05, 4.69) is 36.2 Å². The summed E-state index contributed by atoms with van der Waals surface area (Å²) in [5.74, 6) is 0. The highest BCUT2D eigenvalue weighted by Gasteiger charge is 2.16. The van der Waals surface area contributed by atoms with Crippen LogP contribution < -0.4 is 10.6 Å². The number of nitrogens with one attached hydrogen (secondary N) is 2. The summed E-state index contributed by atoms with van der Waals surface area (Å²) in [6, 6.07) is 0. The van der Waals surface area contributed by atoms with Crippen molar-refractivity contribution in [1.82, 2.24) is 15.1 Å². The normalized spacial score (nSPS) is 11.1. The molecule has 0 saturated carbocycles. The molecule has 0 fully saturated rings. The maximum absolute atomic E-state index is 5.38. The van der Waals surface area contributed by atoms with Crippen molar-refractivity contribution in [3.05, 3.63) is 25.0 Å². The Balaban J connectivity index is 2.44. The number of hydrogen-bond acceptors (Lipinski definition) is 3. The minimum absolute atomic E-state index is 0.139. The molecular weight excluding hydrogens is 260 g/mol. The Bertz CT molecular complexity index is 428. The Morgan fingerprint density at radius 2 is 2.37 bits per heavy atom. The van der Waals surface area contributed by atoms with Crippen molar-refractivity contribution in [2.75, 3.05) is 19.0 Å². The molecule has 106 valence electrons. The van der Waals surface area contributed by atoms with E-state index in [1.807, 2.05) is 10.9 Å². The Morgan fingerprint density at radius 3 is 3.00 bits per heavy atom. The van der Waals surface area contributed by atoms with E-state index in [-0.39, 0.29) is 5.60 Å². The van der Waals surface area contributed by atoms with Crippen LogP contribution in [0.5, 0.6) is 0 Å². The lowest BCUT2D eigenvalue weighted by Crippen LogP contribution is -2.28. The molecule has 0 amide bonds. The van der Waals surface area contributed by atoms with E-state index in [9.17, 15) is 0 Å². The van der Waals surface area contributed by atoms with Gasteiger partial charge in [0.1, 0.15) is 0 Å². The van der Waals surface area contributed by atoms with Crippen molar-refractivity contribution >= 4 is 23.0 Å². The summed E-state index contributed by atoms with van der Waals surface area (Å²) in [6.45, 7) is 9.18. The van der Waals surface area contributed by atoms with Gasteiger partial charge in [0.05, 0.1) is 17.5 Å². The molecule has 1 heterocycles. The average molecular weight is 282 g/mol. The van der Waals surface area contributed by atoms with Crippen LogP contribution in [0.15, 0.2) is 25.0 Å². The predicted molar refractivity (Wildman–Crippen MR) is 82.4 cm³/mol. The number of rotatable bonds is 7. The third kappa shape index (κ3) is 5.85. The minimum atomic E-state index is -0.139. The second-order valence-corrected chi connectivity index (χ2v) is 5.24. The third-order valence-corrected chi connectivity index (χ3v) is 3.04. The molecule has 0 aliphatic rings. The van der Waals surface area contributed by atoms with Crippen molar-refractivity contribution in [3.8, 4) is 0 Å². The minimum Gasteiger partial charge on any atom is -0.379 e. The van der Waals surface area contributed by atoms with Gasteiger partial charge >= 0.3 is 0 Å². The molecule has 0 aliphatic carbocycles. The highest BCUT2D eigenvalue weighted by Crippen LogP contribution is 2.14. The summed E-state index contributed by atoms with van der Waals surface area (Å²) in [5, 5.41) is 10.9. The number of ether oxygens (including phenoxy) is 1. The molecule has 19 heavy (non-hydrogen) atoms. The van der Waals surface area contributed by atoms with Gasteiger partial charge in [-0.3, -0.25) is 4.68 Å². The summed E-state index contributed by atoms with van der Waals surface area (Å²) in [6.07, 6.45) is 6.32. The van der Waals surface area contributed by atoms with Crippen LogP contribution in [-0.4, -0.2) is 34.1 Å². The van der Waals surface area contributed by atoms with Gasteiger partial charge < -0.3 is 15.4 Å². The smallest absolute Gasteiger partial charge is 0.171 e. The lowest BCUT2D eigenvalue weighted by molar-refractivity contribution is 0.0113. The molecule has 0 radical (unpaired) electrons. The van der Waals surface area contributed by atoms with Gasteiger partial charge in [0, 0.05) is 26.4 Å². The molecule has 0 unspecified atom stereocenters. The zero-order valence-corrected chi connectivity index (χ0v) is 12.6. The van der Waals surface area contributed by atoms with E-state index in [1.165, 1.54) is 0 Å². The monoisotopic (exact) mass is 282 g/mol. The summed E-state index contributed by atoms with van der Waals surface area (Å²) in [4.78, 5) is 0. The van der Waals surface area contributed by atoms with Gasteiger partial charge in [-0.05, 0) is 32.5 Å². The second-order valence-electron chi connectivity index (χ2n) is 4.83. The summed E-state index contributed by atoms with van der Waals surface area (Å²) >= 11 is 5.13. The van der Waals surface area contributed by atoms with Gasteiger partial charge in [0.2, 0.25) is 0 Å². The number of aryl methyl sites for hydroxylation is 1. The number of methoxy groups -OCH3 is 1. The molecule has 0 saturated heterocycles. The van der Waals surface area contributed by atoms with Crippen molar-refractivity contribution in [2.45, 2.75) is 32.4 Å². The van der Waals surface area contributed by atoms with Gasteiger partial charge in [-0.2, -0.15) is 5.10 Å². The topological polar surface area (TPSA) is 51.1 Å². The van der Waals surface area contributed by atoms with Crippen LogP contribution in [0, 0.1) is 0 Å². The number of nitrogens with zero attached hydrogens (tertiary/aromatic N) is 2. The standard InChI is InChI=1S/C13H22N4OS/c1-5-7-14-12(19)16-11-9-15-17(10-11)8-6-13(2,3)18-4/h5,9-10H,1,6-8H2,2-4H3,(H2,14,16,19). The number of anilines is 1. The first-order valence-corrected chi connectivity index (χ1v) is 6.61. The Labute approximate surface area is 120 Å². The molecule has 0 bridgehead atoms. The largest absolute Gasteiger partial charge is 0.379 e. The van der Waals surface area contributed by atoms with Gasteiger partial charge in [-0.15, -0.1) is 6.58 Å². The predicted octanol–water partition coefficient (Wildman–Crippen LogP) is 2.17. The Morgan fingerprint density at radius 1 is 1.63 bits per heavy atom. The van der Waals surface area contributed by atoms with Crippen LogP contribution in [0.4, 0.5) is 5.69 Å². The zero-order chi connectivity index (χ0) is 14.3. The maximum atomic E-state index is 5.38. The number of aromatic nitrogens is 2. The second kappa shape index (κ2) is 7.25. The van der Waals surface area contributed by atoms with Crippen LogP contribution in [0.1, 0.15) is 20.3 Å². The van der Waals surface area contributed by atoms with Gasteiger partial charge in [-0.25, -0.2) is 0 Å². The molecule has 1 rings (SSSR count). The van der Waals surface area contributed by atoms with E-state index in [0.29, 0.717) is 11.7 Å². The highest BCUT2D eigenvalue weighted by molar-refractivity contribution is 7.80. The van der Waals surface area contributed by atoms with Crippen LogP contribution in [0.25, 0.3) is 0 Å². The van der Waals surface area contributed by atoms with Crippen molar-refractivity contribution in [2.24, 2.45) is 0 Å². The van der Waals surface area contributed by atoms with E-state index in [0.717, 1.165) is 18.7 Å². The molecule has 1 aromatic rings. The fourth-order valence-electron chi connectivity index (χ4n) is 1.38. The van der Waals surface area contributed by atoms with Crippen LogP contribution in [-0.2, 0) is 11.3 Å². The molecule has 0 atom stereocenters. The molecule has 6 heteroatoms. The summed E-state index contributed by atoms with van der Waals surface area (Å²) in [5.41, 5.74) is 0.733. The van der Waals surface area contributed by atoms with Crippen molar-refractivity contribution in [3.63, 3.8) is 0 Å². The first-order valence-electron chi connectivity index (χ1n) is 6.20. The molecule has 0 aliphatic heterocycles. The molecule has 0 spiro atoms. The first-order chi connectivity index (χ1) is 8.96. The van der Waals surface area contributed by atoms with E-state index in [1.54, 1.807) is 19.4 Å². The Kier molecular flexibility index (Phi) is 5.98. The lowest BCUT2D eigenvalue weighted by atomic mass is 10.1. The highest BCUT2D eigenvalue weighted by atomic mass is 32.1. The fraction of sp³-hybridized carbons (Fsp3) is 0.538. The fourth-order valence-corrected chi connectivity index (χ4v) is 1.58. The molecule has 5 nitrogen and oxygen atoms in total. The molecular formula is C13H22N4OS. The van der Waals surface area contributed by atoms with Gasteiger partial charge in [0.15, 0.2) is 5.11 Å². The molecule has 1 aromatic heterocycles. The molecule has 2 N–H and O–H groups in total. The summed E-state index contributed by atoms with van der Waals surface area (Å²) in [7, 11) is 1.72. The van der Waals surface area contributed by atoms with Crippen LogP contribution in [0.2, 0.25) is 0 Å². The van der Waals surface area contributed by atoms with Crippen molar-refractivity contribution < 1.29 is 4.74 Å². The number of hydrogen-bond donors (Lipinski definition) is 2. The van der Waals surface area contributed by atoms with Crippen molar-refractivity contribution in [1.29, 1.82) is 0 Å². The number of thiocarbonyl (C=S) groups is 1. The maximum Gasteiger partial charge on any atom is 0.171 e. The lowest BCUT2D eigenvalue weighted by Gasteiger charge is -2.22. The summed E-state index contributed by atoms with van der Waals surface area (Å²) < 4.78 is 7.25. The van der Waals surface area contributed by atoms with Crippen LogP contribution >= 0.6 is 12.2 Å². The van der Waals surface area contributed by atoms with E-state index < -0.39 is 0 Å². The quantitative estimate of drug-likeness (QED) is 0.593.